The van der Waals surface area contributed by atoms with Crippen LogP contribution in [0, 0.1) is 5.92 Å². The van der Waals surface area contributed by atoms with Gasteiger partial charge in [-0.25, -0.2) is 5.48 Å². The van der Waals surface area contributed by atoms with Crippen LogP contribution in [-0.4, -0.2) is 65.9 Å². The van der Waals surface area contributed by atoms with Gasteiger partial charge in [0.25, 0.3) is 0 Å². The number of rotatable bonds is 34. The lowest BCUT2D eigenvalue weighted by atomic mass is 9.97. The second-order valence-electron chi connectivity index (χ2n) is 13.6. The van der Waals surface area contributed by atoms with Crippen LogP contribution < -0.4 is 5.48 Å². The average Bonchev–Trinajstić information content (AvgIpc) is 3.06. The van der Waals surface area contributed by atoms with Crippen molar-refractivity contribution in [2.24, 2.45) is 5.92 Å². The highest BCUT2D eigenvalue weighted by Gasteiger charge is 2.42. The summed E-state index contributed by atoms with van der Waals surface area (Å²) in [5.74, 6) is 1.35. The van der Waals surface area contributed by atoms with E-state index < -0.39 is 8.80 Å². The second-order valence-corrected chi connectivity index (χ2v) is 17.4. The Kier molecular flexibility index (Phi) is 33.0. The average molecular weight is 704 g/mol. The van der Waals surface area contributed by atoms with Crippen LogP contribution in [0.4, 0.5) is 0 Å². The quantitative estimate of drug-likeness (QED) is 0.0524. The fourth-order valence-electron chi connectivity index (χ4n) is 5.99. The predicted molar refractivity (Wildman–Crippen MR) is 202 cm³/mol. The number of hydrogen-bond acceptors (Lipinski definition) is 8. The lowest BCUT2D eigenvalue weighted by Crippen LogP contribution is -2.52. The van der Waals surface area contributed by atoms with Crippen LogP contribution >= 0.6 is 11.8 Å². The van der Waals surface area contributed by atoms with E-state index in [1.165, 1.54) is 121 Å². The number of carbonyl (C=O) groups excluding carboxylic acids is 1. The Balaban J connectivity index is 2.31. The Bertz CT molecular complexity index is 666. The molecule has 1 aliphatic heterocycles. The van der Waals surface area contributed by atoms with Crippen molar-refractivity contribution in [1.29, 1.82) is 0 Å². The van der Waals surface area contributed by atoms with Crippen molar-refractivity contribution in [2.75, 3.05) is 51.9 Å². The molecule has 1 aliphatic rings. The van der Waals surface area contributed by atoms with Crippen molar-refractivity contribution in [2.45, 2.75) is 181 Å². The molecule has 47 heavy (non-hydrogen) atoms. The third-order valence-electron chi connectivity index (χ3n) is 9.10. The van der Waals surface area contributed by atoms with Crippen LogP contribution in [0.15, 0.2) is 0 Å². The first-order chi connectivity index (χ1) is 23.2. The summed E-state index contributed by atoms with van der Waals surface area (Å²) in [5.41, 5.74) is 3.28. The molecule has 1 heterocycles. The molecule has 0 aromatic carbocycles. The molecule has 1 N–H and O–H groups in total. The highest BCUT2D eigenvalue weighted by atomic mass is 32.2. The summed E-state index contributed by atoms with van der Waals surface area (Å²) in [7, 11) is -2.91. The monoisotopic (exact) mass is 704 g/mol. The lowest BCUT2D eigenvalue weighted by Gasteiger charge is -2.33. The van der Waals surface area contributed by atoms with Gasteiger partial charge in [0, 0.05) is 38.0 Å². The Morgan fingerprint density at radius 2 is 1.23 bits per heavy atom. The summed E-state index contributed by atoms with van der Waals surface area (Å²) in [4.78, 5) is 12.4. The molecule has 0 amide bonds. The maximum absolute atomic E-state index is 12.4. The molecule has 9 heteroatoms. The van der Waals surface area contributed by atoms with Crippen molar-refractivity contribution in [3.63, 3.8) is 0 Å². The van der Waals surface area contributed by atoms with Crippen LogP contribution in [0.25, 0.3) is 0 Å². The van der Waals surface area contributed by atoms with Gasteiger partial charge in [-0.15, -0.1) is 0 Å². The smallest absolute Gasteiger partial charge is 0.379 e. The Morgan fingerprint density at radius 1 is 0.681 bits per heavy atom. The third-order valence-corrected chi connectivity index (χ3v) is 12.8. The largest absolute Gasteiger partial charge is 0.518 e. The number of unbranched alkanes of at least 4 members (excludes halogenated alkanes) is 17. The number of hydroxylamine groups is 1. The minimum absolute atomic E-state index is 0.307. The third kappa shape index (κ3) is 28.4. The van der Waals surface area contributed by atoms with Crippen LogP contribution in [0.5, 0.6) is 0 Å². The minimum atomic E-state index is -2.91. The topological polar surface area (TPSA) is 75.3 Å². The van der Waals surface area contributed by atoms with Gasteiger partial charge in [0.2, 0.25) is 0 Å². The van der Waals surface area contributed by atoms with E-state index in [4.69, 9.17) is 22.9 Å². The fourth-order valence-corrected chi connectivity index (χ4v) is 9.38. The molecule has 0 saturated carbocycles. The molecule has 0 radical (unpaired) electrons. The van der Waals surface area contributed by atoms with Gasteiger partial charge in [0.15, 0.2) is 5.12 Å². The molecule has 7 nitrogen and oxygen atoms in total. The first kappa shape index (κ1) is 45.0. The second kappa shape index (κ2) is 34.4. The summed E-state index contributed by atoms with van der Waals surface area (Å²) >= 11 is 1.46. The highest BCUT2D eigenvalue weighted by Crippen LogP contribution is 2.24. The van der Waals surface area contributed by atoms with Crippen LogP contribution in [0.1, 0.15) is 175 Å². The standard InChI is InChI=1S/C38H77NO6SSi/c1-4-7-10-12-13-14-15-16-17-18-19-21-22-25-37-27-29-43-47(45-39-36-37,44-33-32-42-31-30-41-28-9-6-3)35-24-34-46-38(40)26-23-20-11-8-5-2/h37,39H,4-36H2,1-3H3. The van der Waals surface area contributed by atoms with Gasteiger partial charge in [-0.05, 0) is 38.0 Å². The Labute approximate surface area is 296 Å². The first-order valence-electron chi connectivity index (χ1n) is 20.2. The summed E-state index contributed by atoms with van der Waals surface area (Å²) in [6.45, 7) is 11.1. The summed E-state index contributed by atoms with van der Waals surface area (Å²) in [5, 5.41) is 0.307. The van der Waals surface area contributed by atoms with Gasteiger partial charge < -0.3 is 18.3 Å². The number of carbonyl (C=O) groups is 1. The lowest BCUT2D eigenvalue weighted by molar-refractivity contribution is -0.111. The molecule has 2 atom stereocenters. The van der Waals surface area contributed by atoms with E-state index in [1.807, 2.05) is 0 Å². The van der Waals surface area contributed by atoms with Gasteiger partial charge in [-0.3, -0.25) is 9.32 Å². The zero-order valence-corrected chi connectivity index (χ0v) is 33.1. The first-order valence-corrected chi connectivity index (χ1v) is 23.1. The van der Waals surface area contributed by atoms with Crippen molar-refractivity contribution >= 4 is 25.7 Å². The van der Waals surface area contributed by atoms with E-state index in [1.54, 1.807) is 0 Å². The summed E-state index contributed by atoms with van der Waals surface area (Å²) < 4.78 is 30.4. The zero-order valence-electron chi connectivity index (χ0n) is 31.3. The van der Waals surface area contributed by atoms with Crippen LogP contribution in [0.3, 0.4) is 0 Å². The van der Waals surface area contributed by atoms with Crippen molar-refractivity contribution in [3.8, 4) is 0 Å². The molecule has 0 aromatic rings. The molecular weight excluding hydrogens is 627 g/mol. The van der Waals surface area contributed by atoms with Gasteiger partial charge in [0.05, 0.1) is 26.4 Å². The molecule has 0 spiro atoms. The molecule has 1 rings (SSSR count). The van der Waals surface area contributed by atoms with Gasteiger partial charge in [0.1, 0.15) is 0 Å². The minimum Gasteiger partial charge on any atom is -0.379 e. The van der Waals surface area contributed by atoms with E-state index in [2.05, 4.69) is 26.3 Å². The number of ether oxygens (including phenoxy) is 2. The highest BCUT2D eigenvalue weighted by molar-refractivity contribution is 8.13. The predicted octanol–water partition coefficient (Wildman–Crippen LogP) is 10.8. The van der Waals surface area contributed by atoms with E-state index in [0.717, 1.165) is 57.4 Å². The number of hydrogen-bond donors (Lipinski definition) is 1. The maximum Gasteiger partial charge on any atom is 0.518 e. The maximum atomic E-state index is 12.4. The van der Waals surface area contributed by atoms with E-state index in [9.17, 15) is 4.79 Å². The number of nitrogens with one attached hydrogen (secondary N) is 1. The van der Waals surface area contributed by atoms with Gasteiger partial charge >= 0.3 is 8.80 Å². The zero-order chi connectivity index (χ0) is 33.9. The summed E-state index contributed by atoms with van der Waals surface area (Å²) in [6, 6.07) is 0.709. The Morgan fingerprint density at radius 3 is 1.87 bits per heavy atom. The molecule has 0 bridgehead atoms. The molecule has 1 fully saturated rings. The van der Waals surface area contributed by atoms with E-state index >= 15 is 0 Å². The molecule has 1 saturated heterocycles. The van der Waals surface area contributed by atoms with Crippen molar-refractivity contribution in [3.05, 3.63) is 0 Å². The SMILES string of the molecule is CCCCCCCCCCCCCCCC1CCO[Si](CCCSC(=O)CCCCCCC)(OCCOCCOCCCC)ONC1. The summed E-state index contributed by atoms with van der Waals surface area (Å²) in [6.07, 6.45) is 30.0. The molecule has 2 unspecified atom stereocenters. The van der Waals surface area contributed by atoms with Crippen LogP contribution in [-0.2, 0) is 27.6 Å². The molecule has 280 valence electrons. The fraction of sp³-hybridized carbons (Fsp3) is 0.974. The van der Waals surface area contributed by atoms with Crippen LogP contribution in [0.2, 0.25) is 6.04 Å². The van der Waals surface area contributed by atoms with Gasteiger partial charge in [-0.1, -0.05) is 148 Å². The molecule has 0 aliphatic carbocycles. The normalized spacial score (nSPS) is 18.7. The van der Waals surface area contributed by atoms with Gasteiger partial charge in [-0.2, -0.15) is 0 Å². The number of thioether (sulfide) groups is 1. The molecular formula is C38H77NO6SSi. The molecule has 0 aromatic heterocycles. The van der Waals surface area contributed by atoms with Crippen molar-refractivity contribution in [1.82, 2.24) is 5.48 Å². The Hall–Kier alpha value is -0.00312. The van der Waals surface area contributed by atoms with Crippen molar-refractivity contribution < 1.29 is 27.6 Å². The van der Waals surface area contributed by atoms with E-state index in [-0.39, 0.29) is 0 Å². The van der Waals surface area contributed by atoms with E-state index in [0.29, 0.717) is 56.5 Å².